The van der Waals surface area contributed by atoms with E-state index in [9.17, 15) is 14.0 Å². The minimum Gasteiger partial charge on any atom is -0.496 e. The maximum absolute atomic E-state index is 14.5. The molecule has 54 heavy (non-hydrogen) atoms. The van der Waals surface area contributed by atoms with Gasteiger partial charge >= 0.3 is 12.2 Å². The predicted octanol–water partition coefficient (Wildman–Crippen LogP) is 9.16. The van der Waals surface area contributed by atoms with Crippen LogP contribution in [0.2, 0.25) is 0 Å². The normalized spacial score (nSPS) is 15.0. The van der Waals surface area contributed by atoms with E-state index in [1.54, 1.807) is 34.3 Å². The van der Waals surface area contributed by atoms with Gasteiger partial charge < -0.3 is 24.0 Å². The second-order valence-corrected chi connectivity index (χ2v) is 16.2. The molecule has 0 radical (unpaired) electrons. The fourth-order valence-electron chi connectivity index (χ4n) is 7.66. The molecule has 0 spiro atoms. The van der Waals surface area contributed by atoms with Crippen molar-refractivity contribution < 1.29 is 28.2 Å². The number of carbonyl (C=O) groups excluding carboxylic acids is 2. The monoisotopic (exact) mass is 746 g/mol. The Morgan fingerprint density at radius 1 is 0.833 bits per heavy atom. The second-order valence-electron chi connectivity index (χ2n) is 15.1. The van der Waals surface area contributed by atoms with Crippen molar-refractivity contribution in [2.45, 2.75) is 78.2 Å². The van der Waals surface area contributed by atoms with Crippen molar-refractivity contribution in [2.75, 3.05) is 20.2 Å². The number of benzene rings is 3. The number of aromatic nitrogens is 2. The van der Waals surface area contributed by atoms with Crippen molar-refractivity contribution in [3.8, 4) is 38.8 Å². The van der Waals surface area contributed by atoms with Gasteiger partial charge in [-0.25, -0.2) is 23.9 Å². The van der Waals surface area contributed by atoms with Gasteiger partial charge in [0.05, 0.1) is 25.0 Å². The first-order chi connectivity index (χ1) is 26.0. The first kappa shape index (κ1) is 35.7. The summed E-state index contributed by atoms with van der Waals surface area (Å²) in [7, 11) is 1.56. The maximum atomic E-state index is 14.5. The number of ether oxygens (including phenoxy) is 3. The molecule has 9 nitrogen and oxygen atoms in total. The van der Waals surface area contributed by atoms with Gasteiger partial charge in [-0.05, 0) is 92.5 Å². The van der Waals surface area contributed by atoms with Crippen molar-refractivity contribution in [3.05, 3.63) is 111 Å². The van der Waals surface area contributed by atoms with Gasteiger partial charge in [0.2, 0.25) is 0 Å². The molecule has 1 aliphatic carbocycles. The number of hydrogen-bond donors (Lipinski definition) is 0. The standard InChI is InChI=1S/C43H43FN4O5S/c1-43(2,3)53-42(50)47-19-17-27-21-28(13-14-29(27)23-47)38-32-12-8-11-31(32)37(33-16-15-30(44)22-35(33)51-4)39(46-38)40-45-34-18-20-48(24-36(34)54-40)41(49)52-25-26-9-6-5-7-10-26/h5-7,9-10,13-16,21-22H,8,11-12,17-20,23-25H2,1-4H3. The number of nitrogens with zero attached hydrogens (tertiary/aromatic N) is 4. The SMILES string of the molecule is COc1cc(F)ccc1-c1c(-c2nc3c(s2)CN(C(=O)OCc2ccccc2)CC3)nc(-c2ccc3c(c2)CCN(C(=O)OC(C)(C)C)C3)c2c1CCC2. The van der Waals surface area contributed by atoms with Crippen LogP contribution in [0.15, 0.2) is 66.7 Å². The topological polar surface area (TPSA) is 94.1 Å². The molecule has 8 rings (SSSR count). The molecule has 2 amide bonds. The highest BCUT2D eigenvalue weighted by Crippen LogP contribution is 2.47. The highest BCUT2D eigenvalue weighted by molar-refractivity contribution is 7.15. The summed E-state index contributed by atoms with van der Waals surface area (Å²) in [4.78, 5) is 41.1. The van der Waals surface area contributed by atoms with E-state index in [0.29, 0.717) is 44.8 Å². The highest BCUT2D eigenvalue weighted by atomic mass is 32.1. The van der Waals surface area contributed by atoms with Crippen molar-refractivity contribution >= 4 is 23.5 Å². The Morgan fingerprint density at radius 2 is 1.61 bits per heavy atom. The summed E-state index contributed by atoms with van der Waals surface area (Å²) >= 11 is 1.54. The van der Waals surface area contributed by atoms with Gasteiger partial charge in [0.1, 0.15) is 34.5 Å². The lowest BCUT2D eigenvalue weighted by molar-refractivity contribution is 0.0224. The zero-order valence-electron chi connectivity index (χ0n) is 31.0. The molecule has 0 N–H and O–H groups in total. The largest absolute Gasteiger partial charge is 0.496 e. The number of methoxy groups -OCH3 is 1. The number of carbonyl (C=O) groups is 2. The molecule has 0 saturated carbocycles. The fraction of sp³-hybridized carbons (Fsp3) is 0.349. The molecule has 0 fully saturated rings. The van der Waals surface area contributed by atoms with Crippen molar-refractivity contribution in [1.29, 1.82) is 0 Å². The number of halogens is 1. The molecule has 0 atom stereocenters. The molecule has 278 valence electrons. The van der Waals surface area contributed by atoms with Crippen LogP contribution in [0, 0.1) is 5.82 Å². The van der Waals surface area contributed by atoms with E-state index >= 15 is 0 Å². The van der Waals surface area contributed by atoms with Gasteiger partial charge in [-0.2, -0.15) is 0 Å². The minimum atomic E-state index is -0.556. The van der Waals surface area contributed by atoms with Gasteiger partial charge in [0.15, 0.2) is 0 Å². The highest BCUT2D eigenvalue weighted by Gasteiger charge is 2.32. The fourth-order valence-corrected chi connectivity index (χ4v) is 8.78. The summed E-state index contributed by atoms with van der Waals surface area (Å²) in [5, 5.41) is 0.753. The summed E-state index contributed by atoms with van der Waals surface area (Å²) in [6, 6.07) is 20.8. The van der Waals surface area contributed by atoms with Crippen molar-refractivity contribution in [3.63, 3.8) is 0 Å². The van der Waals surface area contributed by atoms with E-state index in [-0.39, 0.29) is 24.6 Å². The van der Waals surface area contributed by atoms with Crippen LogP contribution in [0.4, 0.5) is 14.0 Å². The van der Waals surface area contributed by atoms with E-state index in [2.05, 4.69) is 18.2 Å². The molecule has 5 aromatic rings. The molecule has 0 unspecified atom stereocenters. The van der Waals surface area contributed by atoms with Crippen LogP contribution >= 0.6 is 11.3 Å². The number of rotatable bonds is 6. The van der Waals surface area contributed by atoms with Gasteiger partial charge in [-0.1, -0.05) is 42.5 Å². The summed E-state index contributed by atoms with van der Waals surface area (Å²) in [6.07, 6.45) is 3.34. The van der Waals surface area contributed by atoms with Gasteiger partial charge in [-0.15, -0.1) is 11.3 Å². The van der Waals surface area contributed by atoms with Gasteiger partial charge in [0.25, 0.3) is 0 Å². The first-order valence-electron chi connectivity index (χ1n) is 18.5. The Bertz CT molecular complexity index is 2250. The molecular formula is C43H43FN4O5S. The molecule has 4 heterocycles. The third-order valence-corrected chi connectivity index (χ3v) is 11.3. The van der Waals surface area contributed by atoms with Crippen LogP contribution in [0.25, 0.3) is 33.1 Å². The smallest absolute Gasteiger partial charge is 0.410 e. The van der Waals surface area contributed by atoms with E-state index in [1.165, 1.54) is 28.8 Å². The van der Waals surface area contributed by atoms with Crippen LogP contribution in [0.3, 0.4) is 0 Å². The lowest BCUT2D eigenvalue weighted by atomic mass is 9.90. The third kappa shape index (κ3) is 7.16. The first-order valence-corrected chi connectivity index (χ1v) is 19.3. The average Bonchev–Trinajstić information content (AvgIpc) is 3.83. The zero-order chi connectivity index (χ0) is 37.6. The van der Waals surface area contributed by atoms with E-state index in [1.807, 2.05) is 51.1 Å². The summed E-state index contributed by atoms with van der Waals surface area (Å²) in [6.45, 7) is 7.83. The Labute approximate surface area is 318 Å². The van der Waals surface area contributed by atoms with Gasteiger partial charge in [-0.3, -0.25) is 0 Å². The molecule has 0 bridgehead atoms. The van der Waals surface area contributed by atoms with Crippen LogP contribution in [-0.2, 0) is 54.9 Å². The second kappa shape index (κ2) is 14.5. The quantitative estimate of drug-likeness (QED) is 0.171. The average molecular weight is 747 g/mol. The third-order valence-electron chi connectivity index (χ3n) is 10.2. The number of thiazole rings is 1. The van der Waals surface area contributed by atoms with Gasteiger partial charge in [0, 0.05) is 53.7 Å². The maximum Gasteiger partial charge on any atom is 0.410 e. The molecule has 2 aliphatic heterocycles. The minimum absolute atomic E-state index is 0.215. The van der Waals surface area contributed by atoms with E-state index in [4.69, 9.17) is 24.2 Å². The lowest BCUT2D eigenvalue weighted by Crippen LogP contribution is -2.39. The Hall–Kier alpha value is -5.29. The number of fused-ring (bicyclic) bond motifs is 3. The Kier molecular flexibility index (Phi) is 9.60. The molecule has 11 heteroatoms. The molecule has 0 saturated heterocycles. The predicted molar refractivity (Wildman–Crippen MR) is 206 cm³/mol. The molecular weight excluding hydrogens is 704 g/mol. The molecule has 3 aromatic carbocycles. The number of hydrogen-bond acceptors (Lipinski definition) is 8. The molecule has 3 aliphatic rings. The van der Waals surface area contributed by atoms with Crippen LogP contribution in [0.5, 0.6) is 5.75 Å². The summed E-state index contributed by atoms with van der Waals surface area (Å²) in [5.41, 5.74) is 10.3. The lowest BCUT2D eigenvalue weighted by Gasteiger charge is -2.31. The molecule has 2 aromatic heterocycles. The number of amides is 2. The van der Waals surface area contributed by atoms with E-state index in [0.717, 1.165) is 74.0 Å². The van der Waals surface area contributed by atoms with E-state index < -0.39 is 5.60 Å². The van der Waals surface area contributed by atoms with Crippen LogP contribution in [0.1, 0.15) is 65.6 Å². The van der Waals surface area contributed by atoms with Crippen LogP contribution in [-0.4, -0.2) is 57.8 Å². The summed E-state index contributed by atoms with van der Waals surface area (Å²) < 4.78 is 31.6. The zero-order valence-corrected chi connectivity index (χ0v) is 31.9. The Balaban J connectivity index is 1.16. The van der Waals surface area contributed by atoms with Crippen LogP contribution < -0.4 is 4.74 Å². The Morgan fingerprint density at radius 3 is 2.41 bits per heavy atom. The van der Waals surface area contributed by atoms with Crippen molar-refractivity contribution in [2.24, 2.45) is 0 Å². The van der Waals surface area contributed by atoms with Crippen molar-refractivity contribution in [1.82, 2.24) is 19.8 Å². The number of pyridine rings is 1. The summed E-state index contributed by atoms with van der Waals surface area (Å²) in [5.74, 6) is 0.0681.